The maximum atomic E-state index is 10.3. The Bertz CT molecular complexity index is 233. The molecule has 0 aliphatic rings. The van der Waals surface area contributed by atoms with E-state index in [0.717, 1.165) is 0 Å². The van der Waals surface area contributed by atoms with Gasteiger partial charge in [0.05, 0.1) is 6.42 Å². The molecule has 0 spiro atoms. The molecule has 0 aromatic rings. The minimum atomic E-state index is -2.80. The van der Waals surface area contributed by atoms with Crippen molar-refractivity contribution in [3.63, 3.8) is 0 Å². The molecule has 0 bridgehead atoms. The van der Waals surface area contributed by atoms with Gasteiger partial charge in [-0.2, -0.15) is 0 Å². The summed E-state index contributed by atoms with van der Waals surface area (Å²) < 4.78 is 0. The Balaban J connectivity index is 0. The van der Waals surface area contributed by atoms with Crippen molar-refractivity contribution in [2.45, 2.75) is 18.4 Å². The van der Waals surface area contributed by atoms with Crippen molar-refractivity contribution in [2.75, 3.05) is 0 Å². The first-order valence-corrected chi connectivity index (χ1v) is 3.15. The first-order valence-electron chi connectivity index (χ1n) is 3.15. The SMILES string of the molecule is O=C([O-])CC(O)(CC(=O)O)C(=O)O.[Cs+]. The Morgan fingerprint density at radius 2 is 1.57 bits per heavy atom. The summed E-state index contributed by atoms with van der Waals surface area (Å²) in [6, 6.07) is 0. The maximum Gasteiger partial charge on any atom is 1.00 e. The molecule has 8 heteroatoms. The molecule has 0 saturated heterocycles. The van der Waals surface area contributed by atoms with Gasteiger partial charge in [-0.1, -0.05) is 0 Å². The summed E-state index contributed by atoms with van der Waals surface area (Å²) in [6.45, 7) is 0. The predicted molar refractivity (Wildman–Crippen MR) is 34.5 cm³/mol. The fraction of sp³-hybridized carbons (Fsp3) is 0.500. The Kier molecular flexibility index (Phi) is 8.21. The van der Waals surface area contributed by atoms with E-state index >= 15 is 0 Å². The van der Waals surface area contributed by atoms with E-state index in [1.54, 1.807) is 0 Å². The van der Waals surface area contributed by atoms with Crippen molar-refractivity contribution in [1.82, 2.24) is 0 Å². The molecule has 7 nitrogen and oxygen atoms in total. The number of hydrogen-bond acceptors (Lipinski definition) is 5. The molecule has 0 saturated carbocycles. The topological polar surface area (TPSA) is 135 Å². The normalized spacial score (nSPS) is 13.5. The van der Waals surface area contributed by atoms with Crippen molar-refractivity contribution in [3.05, 3.63) is 0 Å². The number of carboxylic acids is 3. The van der Waals surface area contributed by atoms with E-state index in [1.807, 2.05) is 0 Å². The predicted octanol–water partition coefficient (Wildman–Crippen LogP) is -5.58. The maximum absolute atomic E-state index is 10.3. The summed E-state index contributed by atoms with van der Waals surface area (Å²) in [5.41, 5.74) is -2.80. The van der Waals surface area contributed by atoms with Gasteiger partial charge in [-0.3, -0.25) is 4.79 Å². The minimum Gasteiger partial charge on any atom is -0.550 e. The number of aliphatic carboxylic acids is 3. The van der Waals surface area contributed by atoms with Crippen LogP contribution >= 0.6 is 0 Å². The number of hydrogen-bond donors (Lipinski definition) is 3. The third-order valence-electron chi connectivity index (χ3n) is 1.28. The molecule has 0 rings (SSSR count). The quantitative estimate of drug-likeness (QED) is 0.459. The summed E-state index contributed by atoms with van der Waals surface area (Å²) in [4.78, 5) is 30.3. The molecule has 0 fully saturated rings. The van der Waals surface area contributed by atoms with Crippen molar-refractivity contribution < 1.29 is 104 Å². The number of aliphatic hydroxyl groups is 1. The second-order valence-corrected chi connectivity index (χ2v) is 2.46. The van der Waals surface area contributed by atoms with E-state index in [2.05, 4.69) is 0 Å². The summed E-state index contributed by atoms with van der Waals surface area (Å²) in [5.74, 6) is -5.34. The minimum absolute atomic E-state index is 0. The monoisotopic (exact) mass is 324 g/mol. The van der Waals surface area contributed by atoms with Crippen LogP contribution in [0.3, 0.4) is 0 Å². The van der Waals surface area contributed by atoms with Gasteiger partial charge in [0.15, 0.2) is 5.60 Å². The van der Waals surface area contributed by atoms with Crippen LogP contribution in [0.5, 0.6) is 0 Å². The van der Waals surface area contributed by atoms with Gasteiger partial charge in [-0.15, -0.1) is 0 Å². The molecule has 1 unspecified atom stereocenters. The van der Waals surface area contributed by atoms with Crippen molar-refractivity contribution in [1.29, 1.82) is 0 Å². The zero-order valence-electron chi connectivity index (χ0n) is 7.39. The van der Waals surface area contributed by atoms with Crippen LogP contribution in [0.1, 0.15) is 12.8 Å². The second kappa shape index (κ2) is 6.82. The van der Waals surface area contributed by atoms with E-state index < -0.39 is 36.4 Å². The van der Waals surface area contributed by atoms with Crippen molar-refractivity contribution in [3.8, 4) is 0 Å². The van der Waals surface area contributed by atoms with Gasteiger partial charge in [-0.05, 0) is 0 Å². The third-order valence-corrected chi connectivity index (χ3v) is 1.28. The van der Waals surface area contributed by atoms with Crippen molar-refractivity contribution >= 4 is 17.9 Å². The van der Waals surface area contributed by atoms with Gasteiger partial charge in [0.25, 0.3) is 0 Å². The molecular formula is C6H7CsO7. The van der Waals surface area contributed by atoms with Crippen LogP contribution in [0, 0.1) is 0 Å². The molecule has 3 N–H and O–H groups in total. The van der Waals surface area contributed by atoms with Crippen molar-refractivity contribution in [2.24, 2.45) is 0 Å². The molecule has 74 valence electrons. The number of carbonyl (C=O) groups is 3. The van der Waals surface area contributed by atoms with Gasteiger partial charge < -0.3 is 25.2 Å². The molecular weight excluding hydrogens is 317 g/mol. The van der Waals surface area contributed by atoms with Crippen LogP contribution in [0.4, 0.5) is 0 Å². The molecule has 14 heavy (non-hydrogen) atoms. The van der Waals surface area contributed by atoms with E-state index in [1.165, 1.54) is 0 Å². The van der Waals surface area contributed by atoms with Gasteiger partial charge in [0, 0.05) is 12.4 Å². The first kappa shape index (κ1) is 16.8. The number of rotatable bonds is 5. The fourth-order valence-corrected chi connectivity index (χ4v) is 0.703. The van der Waals surface area contributed by atoms with Crippen LogP contribution < -0.4 is 74.0 Å². The number of carbonyl (C=O) groups excluding carboxylic acids is 1. The molecule has 0 aromatic heterocycles. The Morgan fingerprint density at radius 3 is 1.79 bits per heavy atom. The van der Waals surface area contributed by atoms with Crippen LogP contribution in [0.25, 0.3) is 0 Å². The standard InChI is InChI=1S/C6H8O7.Cs/c7-3(8)1-6(13,5(11)12)2-4(9)10;/h13H,1-2H2,(H,7,8)(H,9,10)(H,11,12);/q;+1/p-1. The van der Waals surface area contributed by atoms with Gasteiger partial charge >= 0.3 is 80.8 Å². The summed E-state index contributed by atoms with van der Waals surface area (Å²) >= 11 is 0. The smallest absolute Gasteiger partial charge is 0.550 e. The first-order chi connectivity index (χ1) is 5.78. The van der Waals surface area contributed by atoms with Crippen LogP contribution in [-0.4, -0.2) is 38.8 Å². The van der Waals surface area contributed by atoms with Gasteiger partial charge in [0.2, 0.25) is 0 Å². The van der Waals surface area contributed by atoms with E-state index in [9.17, 15) is 19.5 Å². The zero-order chi connectivity index (χ0) is 10.6. The average Bonchev–Trinajstić information content (AvgIpc) is 1.82. The summed E-state index contributed by atoms with van der Waals surface area (Å²) in [7, 11) is 0. The molecule has 0 amide bonds. The Morgan fingerprint density at radius 1 is 1.14 bits per heavy atom. The average molecular weight is 324 g/mol. The molecule has 0 aliphatic heterocycles. The third kappa shape index (κ3) is 6.01. The van der Waals surface area contributed by atoms with Crippen LogP contribution in [0.15, 0.2) is 0 Å². The van der Waals surface area contributed by atoms with E-state index in [4.69, 9.17) is 15.3 Å². The number of carboxylic acid groups (broad SMARTS) is 3. The molecule has 0 heterocycles. The molecule has 0 radical (unpaired) electrons. The molecule has 1 atom stereocenters. The molecule has 0 aromatic carbocycles. The largest absolute Gasteiger partial charge is 1.00 e. The van der Waals surface area contributed by atoms with Gasteiger partial charge in [0.1, 0.15) is 0 Å². The Hall–Kier alpha value is 0.422. The summed E-state index contributed by atoms with van der Waals surface area (Å²) in [6.07, 6.45) is -2.44. The zero-order valence-corrected chi connectivity index (χ0v) is 13.7. The van der Waals surface area contributed by atoms with Gasteiger partial charge in [-0.25, -0.2) is 4.79 Å². The summed E-state index contributed by atoms with van der Waals surface area (Å²) in [5, 5.41) is 35.5. The van der Waals surface area contributed by atoms with E-state index in [-0.39, 0.29) is 68.9 Å². The van der Waals surface area contributed by atoms with Crippen LogP contribution in [-0.2, 0) is 14.4 Å². The fourth-order valence-electron chi connectivity index (χ4n) is 0.703. The van der Waals surface area contributed by atoms with E-state index in [0.29, 0.717) is 0 Å². The van der Waals surface area contributed by atoms with Crippen LogP contribution in [0.2, 0.25) is 0 Å². The second-order valence-electron chi connectivity index (χ2n) is 2.46. The Labute approximate surface area is 138 Å². The molecule has 0 aliphatic carbocycles.